The molecule has 5 heteroatoms. The second-order valence-corrected chi connectivity index (χ2v) is 4.75. The maximum absolute atomic E-state index is 13.8. The van der Waals surface area contributed by atoms with Gasteiger partial charge in [-0.1, -0.05) is 6.07 Å². The van der Waals surface area contributed by atoms with Gasteiger partial charge < -0.3 is 9.84 Å². The minimum Gasteiger partial charge on any atom is -0.465 e. The number of hydrogen-bond donors (Lipinski definition) is 1. The molecule has 0 aliphatic carbocycles. The fourth-order valence-corrected chi connectivity index (χ4v) is 2.48. The first-order valence-electron chi connectivity index (χ1n) is 6.37. The molecule has 1 aromatic carbocycles. The minimum absolute atomic E-state index is 0.0496. The highest BCUT2D eigenvalue weighted by molar-refractivity contribution is 5.89. The Morgan fingerprint density at radius 2 is 2.37 bits per heavy atom. The number of rotatable bonds is 4. The Kier molecular flexibility index (Phi) is 4.50. The molecule has 4 nitrogen and oxygen atoms in total. The van der Waals surface area contributed by atoms with Gasteiger partial charge in [0.1, 0.15) is 5.82 Å². The van der Waals surface area contributed by atoms with Crippen LogP contribution < -0.4 is 0 Å². The molecule has 0 spiro atoms. The van der Waals surface area contributed by atoms with E-state index in [1.165, 1.54) is 19.2 Å². The van der Waals surface area contributed by atoms with Crippen molar-refractivity contribution in [1.82, 2.24) is 4.90 Å². The number of ether oxygens (including phenoxy) is 1. The molecule has 0 saturated carbocycles. The van der Waals surface area contributed by atoms with E-state index < -0.39 is 11.8 Å². The van der Waals surface area contributed by atoms with E-state index >= 15 is 0 Å². The Bertz CT molecular complexity index is 464. The fourth-order valence-electron chi connectivity index (χ4n) is 2.48. The zero-order chi connectivity index (χ0) is 13.8. The number of esters is 1. The Balaban J connectivity index is 2.10. The molecule has 1 aliphatic rings. The van der Waals surface area contributed by atoms with Gasteiger partial charge in [-0.3, -0.25) is 4.90 Å². The zero-order valence-corrected chi connectivity index (χ0v) is 10.9. The molecule has 1 aromatic rings. The van der Waals surface area contributed by atoms with Crippen LogP contribution in [0.2, 0.25) is 0 Å². The van der Waals surface area contributed by atoms with Gasteiger partial charge in [-0.25, -0.2) is 9.18 Å². The van der Waals surface area contributed by atoms with Crippen LogP contribution >= 0.6 is 0 Å². The number of carbonyl (C=O) groups is 1. The fraction of sp³-hybridized carbons (Fsp3) is 0.500. The summed E-state index contributed by atoms with van der Waals surface area (Å²) in [5, 5.41) is 9.24. The van der Waals surface area contributed by atoms with Crippen LogP contribution in [-0.4, -0.2) is 42.3 Å². The number of aliphatic hydroxyl groups excluding tert-OH is 1. The molecule has 1 N–H and O–H groups in total. The zero-order valence-electron chi connectivity index (χ0n) is 10.9. The molecule has 19 heavy (non-hydrogen) atoms. The summed E-state index contributed by atoms with van der Waals surface area (Å²) >= 11 is 0. The lowest BCUT2D eigenvalue weighted by atomic mass is 10.1. The van der Waals surface area contributed by atoms with Gasteiger partial charge in [-0.05, 0) is 37.1 Å². The lowest BCUT2D eigenvalue weighted by molar-refractivity contribution is 0.0595. The molecule has 1 fully saturated rings. The number of hydrogen-bond acceptors (Lipinski definition) is 4. The summed E-state index contributed by atoms with van der Waals surface area (Å²) in [6.07, 6.45) is 2.02. The van der Waals surface area contributed by atoms with Crippen LogP contribution in [0, 0.1) is 5.82 Å². The third-order valence-corrected chi connectivity index (χ3v) is 3.53. The van der Waals surface area contributed by atoms with Crippen molar-refractivity contribution >= 4 is 5.97 Å². The van der Waals surface area contributed by atoms with E-state index in [4.69, 9.17) is 0 Å². The van der Waals surface area contributed by atoms with Crippen molar-refractivity contribution in [1.29, 1.82) is 0 Å². The van der Waals surface area contributed by atoms with Gasteiger partial charge >= 0.3 is 5.97 Å². The standard InChI is InChI=1S/C14H18FNO3/c1-19-14(18)12-5-4-10(7-13(12)15)8-16-6-2-3-11(16)9-17/h4-5,7,11,17H,2-3,6,8-9H2,1H3. The Hall–Kier alpha value is -1.46. The van der Waals surface area contributed by atoms with Crippen molar-refractivity contribution in [3.8, 4) is 0 Å². The van der Waals surface area contributed by atoms with E-state index in [0.29, 0.717) is 6.54 Å². The summed E-state index contributed by atoms with van der Waals surface area (Å²) in [7, 11) is 1.23. The van der Waals surface area contributed by atoms with E-state index in [9.17, 15) is 14.3 Å². The van der Waals surface area contributed by atoms with Crippen LogP contribution in [0.3, 0.4) is 0 Å². The van der Waals surface area contributed by atoms with E-state index in [2.05, 4.69) is 9.64 Å². The molecule has 1 aliphatic heterocycles. The summed E-state index contributed by atoms with van der Waals surface area (Å²) in [6.45, 7) is 1.62. The third kappa shape index (κ3) is 3.11. The smallest absolute Gasteiger partial charge is 0.340 e. The van der Waals surface area contributed by atoms with Gasteiger partial charge in [-0.2, -0.15) is 0 Å². The summed E-state index contributed by atoms with van der Waals surface area (Å²) in [5.41, 5.74) is 0.747. The second-order valence-electron chi connectivity index (χ2n) is 4.75. The van der Waals surface area contributed by atoms with Gasteiger partial charge in [0.25, 0.3) is 0 Å². The number of benzene rings is 1. The highest BCUT2D eigenvalue weighted by atomic mass is 19.1. The number of nitrogens with zero attached hydrogens (tertiary/aromatic N) is 1. The molecule has 2 rings (SSSR count). The van der Waals surface area contributed by atoms with E-state index in [1.807, 2.05) is 0 Å². The van der Waals surface area contributed by atoms with E-state index in [1.54, 1.807) is 6.07 Å². The normalized spacial score (nSPS) is 19.6. The number of methoxy groups -OCH3 is 1. The SMILES string of the molecule is COC(=O)c1ccc(CN2CCCC2CO)cc1F. The Morgan fingerprint density at radius 3 is 3.00 bits per heavy atom. The molecule has 0 radical (unpaired) electrons. The largest absolute Gasteiger partial charge is 0.465 e. The molecule has 1 atom stereocenters. The summed E-state index contributed by atoms with van der Waals surface area (Å²) in [4.78, 5) is 13.4. The van der Waals surface area contributed by atoms with Crippen LogP contribution in [0.4, 0.5) is 4.39 Å². The Labute approximate surface area is 111 Å². The molecule has 104 valence electrons. The molecular weight excluding hydrogens is 249 g/mol. The minimum atomic E-state index is -0.668. The van der Waals surface area contributed by atoms with Crippen molar-refractivity contribution in [2.75, 3.05) is 20.3 Å². The summed E-state index contributed by atoms with van der Waals surface area (Å²) in [5.74, 6) is -1.23. The van der Waals surface area contributed by atoms with E-state index in [0.717, 1.165) is 24.9 Å². The second kappa shape index (κ2) is 6.12. The maximum atomic E-state index is 13.8. The number of carbonyl (C=O) groups excluding carboxylic acids is 1. The lowest BCUT2D eigenvalue weighted by Gasteiger charge is -2.22. The molecule has 0 amide bonds. The van der Waals surface area contributed by atoms with Crippen LogP contribution in [0.1, 0.15) is 28.8 Å². The van der Waals surface area contributed by atoms with Gasteiger partial charge in [0.05, 0.1) is 19.3 Å². The molecule has 1 saturated heterocycles. The van der Waals surface area contributed by atoms with Crippen molar-refractivity contribution in [2.45, 2.75) is 25.4 Å². The quantitative estimate of drug-likeness (QED) is 0.841. The third-order valence-electron chi connectivity index (χ3n) is 3.53. The predicted octanol–water partition coefficient (Wildman–Crippen LogP) is 1.57. The topological polar surface area (TPSA) is 49.8 Å². The average molecular weight is 267 g/mol. The van der Waals surface area contributed by atoms with Crippen LogP contribution in [-0.2, 0) is 11.3 Å². The highest BCUT2D eigenvalue weighted by Crippen LogP contribution is 2.20. The predicted molar refractivity (Wildman–Crippen MR) is 68.3 cm³/mol. The molecule has 1 heterocycles. The van der Waals surface area contributed by atoms with Crippen LogP contribution in [0.5, 0.6) is 0 Å². The maximum Gasteiger partial charge on any atom is 0.340 e. The first-order chi connectivity index (χ1) is 9.15. The number of aliphatic hydroxyl groups is 1. The molecule has 1 unspecified atom stereocenters. The number of halogens is 1. The van der Waals surface area contributed by atoms with Gasteiger partial charge in [0.2, 0.25) is 0 Å². The van der Waals surface area contributed by atoms with Gasteiger partial charge in [0.15, 0.2) is 0 Å². The lowest BCUT2D eigenvalue weighted by Crippen LogP contribution is -2.31. The monoisotopic (exact) mass is 267 g/mol. The van der Waals surface area contributed by atoms with Gasteiger partial charge in [-0.15, -0.1) is 0 Å². The number of likely N-dealkylation sites (tertiary alicyclic amines) is 1. The highest BCUT2D eigenvalue weighted by Gasteiger charge is 2.24. The average Bonchev–Trinajstić information content (AvgIpc) is 2.85. The van der Waals surface area contributed by atoms with Crippen molar-refractivity contribution in [2.24, 2.45) is 0 Å². The van der Waals surface area contributed by atoms with Gasteiger partial charge in [0, 0.05) is 12.6 Å². The molecule has 0 bridgehead atoms. The van der Waals surface area contributed by atoms with E-state index in [-0.39, 0.29) is 18.2 Å². The first kappa shape index (κ1) is 14.0. The Morgan fingerprint density at radius 1 is 1.58 bits per heavy atom. The van der Waals surface area contributed by atoms with Crippen molar-refractivity contribution < 1.29 is 19.0 Å². The first-order valence-corrected chi connectivity index (χ1v) is 6.37. The van der Waals surface area contributed by atoms with Crippen LogP contribution in [0.25, 0.3) is 0 Å². The van der Waals surface area contributed by atoms with Crippen LogP contribution in [0.15, 0.2) is 18.2 Å². The summed E-state index contributed by atoms with van der Waals surface area (Å²) < 4.78 is 18.3. The summed E-state index contributed by atoms with van der Waals surface area (Å²) in [6, 6.07) is 4.69. The van der Waals surface area contributed by atoms with Crippen molar-refractivity contribution in [3.63, 3.8) is 0 Å². The molecule has 0 aromatic heterocycles. The van der Waals surface area contributed by atoms with Crippen molar-refractivity contribution in [3.05, 3.63) is 35.1 Å². The molecular formula is C14H18FNO3.